The van der Waals surface area contributed by atoms with Crippen LogP contribution in [-0.2, 0) is 7.05 Å². The van der Waals surface area contributed by atoms with Crippen LogP contribution in [0.4, 0.5) is 5.00 Å². The van der Waals surface area contributed by atoms with Gasteiger partial charge in [0.1, 0.15) is 11.1 Å². The Morgan fingerprint density at radius 2 is 2.28 bits per heavy atom. The molecule has 6 heteroatoms. The van der Waals surface area contributed by atoms with Crippen molar-refractivity contribution in [2.24, 2.45) is 7.05 Å². The zero-order chi connectivity index (χ0) is 13.3. The van der Waals surface area contributed by atoms with Gasteiger partial charge in [-0.25, -0.2) is 0 Å². The summed E-state index contributed by atoms with van der Waals surface area (Å²) in [6.07, 6.45) is 1.70. The third-order valence-electron chi connectivity index (χ3n) is 2.67. The SMILES string of the molecule is Cc1sc(NC(=O)c2ccn(C)n2)c(C#N)c1C. The van der Waals surface area contributed by atoms with Crippen LogP contribution in [-0.4, -0.2) is 15.7 Å². The zero-order valence-electron chi connectivity index (χ0n) is 10.3. The summed E-state index contributed by atoms with van der Waals surface area (Å²) in [5, 5.41) is 16.4. The molecule has 1 amide bonds. The number of anilines is 1. The standard InChI is InChI=1S/C12H12N4OS/c1-7-8(2)18-12(9(7)6-13)14-11(17)10-4-5-16(3)15-10/h4-5H,1-3H3,(H,14,17). The molecule has 0 aliphatic heterocycles. The molecular weight excluding hydrogens is 248 g/mol. The molecule has 2 aromatic rings. The van der Waals surface area contributed by atoms with Gasteiger partial charge in [0.25, 0.3) is 5.91 Å². The maximum absolute atomic E-state index is 11.9. The first-order chi connectivity index (χ1) is 8.52. The molecule has 0 spiro atoms. The number of aryl methyl sites for hydroxylation is 2. The molecule has 0 aromatic carbocycles. The molecular formula is C12H12N4OS. The maximum Gasteiger partial charge on any atom is 0.276 e. The van der Waals surface area contributed by atoms with Crippen molar-refractivity contribution < 1.29 is 4.79 Å². The van der Waals surface area contributed by atoms with Crippen LogP contribution in [0.1, 0.15) is 26.5 Å². The zero-order valence-corrected chi connectivity index (χ0v) is 11.1. The topological polar surface area (TPSA) is 70.7 Å². The number of nitrogens with zero attached hydrogens (tertiary/aromatic N) is 3. The minimum Gasteiger partial charge on any atom is -0.311 e. The summed E-state index contributed by atoms with van der Waals surface area (Å²) >= 11 is 1.41. The highest BCUT2D eigenvalue weighted by Gasteiger charge is 2.16. The average Bonchev–Trinajstić information content (AvgIpc) is 2.85. The number of aromatic nitrogens is 2. The Morgan fingerprint density at radius 1 is 1.56 bits per heavy atom. The first-order valence-electron chi connectivity index (χ1n) is 5.34. The van der Waals surface area contributed by atoms with E-state index in [1.807, 2.05) is 13.8 Å². The number of hydrogen-bond donors (Lipinski definition) is 1. The second-order valence-corrected chi connectivity index (χ2v) is 5.15. The van der Waals surface area contributed by atoms with Gasteiger partial charge in [-0.3, -0.25) is 9.48 Å². The number of carbonyl (C=O) groups excluding carboxylic acids is 1. The quantitative estimate of drug-likeness (QED) is 0.900. The third kappa shape index (κ3) is 2.13. The fraction of sp³-hybridized carbons (Fsp3) is 0.250. The molecule has 92 valence electrons. The molecule has 0 bridgehead atoms. The van der Waals surface area contributed by atoms with E-state index >= 15 is 0 Å². The summed E-state index contributed by atoms with van der Waals surface area (Å²) in [4.78, 5) is 13.0. The summed E-state index contributed by atoms with van der Waals surface area (Å²) in [6.45, 7) is 3.80. The van der Waals surface area contributed by atoms with Crippen LogP contribution in [0.15, 0.2) is 12.3 Å². The van der Waals surface area contributed by atoms with Crippen LogP contribution in [0.3, 0.4) is 0 Å². The number of rotatable bonds is 2. The summed E-state index contributed by atoms with van der Waals surface area (Å²) < 4.78 is 1.56. The van der Waals surface area contributed by atoms with Gasteiger partial charge in [-0.2, -0.15) is 10.4 Å². The molecule has 0 saturated carbocycles. The molecule has 0 aliphatic rings. The number of nitrogens with one attached hydrogen (secondary N) is 1. The fourth-order valence-electron chi connectivity index (χ4n) is 1.55. The van der Waals surface area contributed by atoms with Crippen molar-refractivity contribution in [1.29, 1.82) is 5.26 Å². The van der Waals surface area contributed by atoms with Crippen molar-refractivity contribution in [3.63, 3.8) is 0 Å². The van der Waals surface area contributed by atoms with Gasteiger partial charge in [-0.05, 0) is 25.5 Å². The molecule has 5 nitrogen and oxygen atoms in total. The summed E-state index contributed by atoms with van der Waals surface area (Å²) in [5.41, 5.74) is 1.78. The highest BCUT2D eigenvalue weighted by atomic mass is 32.1. The van der Waals surface area contributed by atoms with Gasteiger partial charge in [-0.1, -0.05) is 0 Å². The van der Waals surface area contributed by atoms with E-state index < -0.39 is 0 Å². The Balaban J connectivity index is 2.28. The third-order valence-corrected chi connectivity index (χ3v) is 3.79. The van der Waals surface area contributed by atoms with Crippen LogP contribution in [0, 0.1) is 25.2 Å². The van der Waals surface area contributed by atoms with Gasteiger partial charge >= 0.3 is 0 Å². The van der Waals surface area contributed by atoms with Crippen LogP contribution >= 0.6 is 11.3 Å². The molecule has 0 saturated heterocycles. The second-order valence-electron chi connectivity index (χ2n) is 3.93. The van der Waals surface area contributed by atoms with E-state index in [1.165, 1.54) is 11.3 Å². The van der Waals surface area contributed by atoms with Crippen molar-refractivity contribution in [3.8, 4) is 6.07 Å². The molecule has 2 heterocycles. The molecule has 0 radical (unpaired) electrons. The molecule has 0 fully saturated rings. The van der Waals surface area contributed by atoms with Crippen LogP contribution in [0.2, 0.25) is 0 Å². The van der Waals surface area contributed by atoms with Gasteiger partial charge in [0.2, 0.25) is 0 Å². The lowest BCUT2D eigenvalue weighted by Crippen LogP contribution is -2.12. The molecule has 0 aliphatic carbocycles. The van der Waals surface area contributed by atoms with Crippen LogP contribution in [0.25, 0.3) is 0 Å². The maximum atomic E-state index is 11.9. The average molecular weight is 260 g/mol. The normalized spacial score (nSPS) is 10.1. The van der Waals surface area contributed by atoms with Crippen molar-refractivity contribution >= 4 is 22.2 Å². The van der Waals surface area contributed by atoms with E-state index in [0.717, 1.165) is 10.4 Å². The van der Waals surface area contributed by atoms with E-state index in [0.29, 0.717) is 16.3 Å². The molecule has 18 heavy (non-hydrogen) atoms. The minimum absolute atomic E-state index is 0.298. The largest absolute Gasteiger partial charge is 0.311 e. The fourth-order valence-corrected chi connectivity index (χ4v) is 2.56. The first-order valence-corrected chi connectivity index (χ1v) is 6.15. The van der Waals surface area contributed by atoms with Crippen LogP contribution in [0.5, 0.6) is 0 Å². The Bertz CT molecular complexity index is 648. The number of amides is 1. The van der Waals surface area contributed by atoms with Crippen molar-refractivity contribution in [2.75, 3.05) is 5.32 Å². The molecule has 1 N–H and O–H groups in total. The Hall–Kier alpha value is -2.13. The highest BCUT2D eigenvalue weighted by Crippen LogP contribution is 2.31. The highest BCUT2D eigenvalue weighted by molar-refractivity contribution is 7.16. The lowest BCUT2D eigenvalue weighted by molar-refractivity contribution is 0.102. The van der Waals surface area contributed by atoms with E-state index in [9.17, 15) is 4.79 Å². The van der Waals surface area contributed by atoms with Gasteiger partial charge in [-0.15, -0.1) is 11.3 Å². The van der Waals surface area contributed by atoms with Gasteiger partial charge in [0.05, 0.1) is 5.56 Å². The first kappa shape index (κ1) is 12.3. The minimum atomic E-state index is -0.298. The Kier molecular flexibility index (Phi) is 3.17. The Morgan fingerprint density at radius 3 is 2.83 bits per heavy atom. The van der Waals surface area contributed by atoms with Crippen molar-refractivity contribution in [3.05, 3.63) is 34.0 Å². The van der Waals surface area contributed by atoms with Crippen molar-refractivity contribution in [1.82, 2.24) is 9.78 Å². The summed E-state index contributed by atoms with van der Waals surface area (Å²) in [5.74, 6) is -0.298. The molecule has 0 atom stereocenters. The predicted molar refractivity (Wildman–Crippen MR) is 69.7 cm³/mol. The lowest BCUT2D eigenvalue weighted by Gasteiger charge is -2.00. The van der Waals surface area contributed by atoms with E-state index in [-0.39, 0.29) is 5.91 Å². The van der Waals surface area contributed by atoms with E-state index in [1.54, 1.807) is 24.0 Å². The Labute approximate surface area is 109 Å². The second kappa shape index (κ2) is 4.63. The number of hydrogen-bond acceptors (Lipinski definition) is 4. The summed E-state index contributed by atoms with van der Waals surface area (Å²) in [7, 11) is 1.75. The van der Waals surface area contributed by atoms with Gasteiger partial charge in [0.15, 0.2) is 5.69 Å². The molecule has 0 unspecified atom stereocenters. The van der Waals surface area contributed by atoms with E-state index in [4.69, 9.17) is 5.26 Å². The number of thiophene rings is 1. The smallest absolute Gasteiger partial charge is 0.276 e. The van der Waals surface area contributed by atoms with Crippen LogP contribution < -0.4 is 5.32 Å². The van der Waals surface area contributed by atoms with E-state index in [2.05, 4.69) is 16.5 Å². The summed E-state index contributed by atoms with van der Waals surface area (Å²) in [6, 6.07) is 3.75. The van der Waals surface area contributed by atoms with Gasteiger partial charge in [0, 0.05) is 18.1 Å². The van der Waals surface area contributed by atoms with Gasteiger partial charge < -0.3 is 5.32 Å². The molecule has 2 aromatic heterocycles. The molecule has 2 rings (SSSR count). The monoisotopic (exact) mass is 260 g/mol. The van der Waals surface area contributed by atoms with Crippen molar-refractivity contribution in [2.45, 2.75) is 13.8 Å². The lowest BCUT2D eigenvalue weighted by atomic mass is 10.2. The number of nitriles is 1. The predicted octanol–water partition coefficient (Wildman–Crippen LogP) is 2.22. The number of carbonyl (C=O) groups is 1.